The van der Waals surface area contributed by atoms with Crippen LogP contribution in [0.15, 0.2) is 52.3 Å². The number of thioether (sulfide) groups is 1. The first-order valence-electron chi connectivity index (χ1n) is 9.82. The minimum absolute atomic E-state index is 0.0169. The van der Waals surface area contributed by atoms with Crippen LogP contribution >= 0.6 is 11.8 Å². The fourth-order valence-corrected chi connectivity index (χ4v) is 3.50. The molecule has 0 unspecified atom stereocenters. The molecule has 170 valence electrons. The van der Waals surface area contributed by atoms with Crippen molar-refractivity contribution in [2.45, 2.75) is 37.0 Å². The van der Waals surface area contributed by atoms with E-state index in [1.807, 2.05) is 13.0 Å². The average molecular weight is 466 g/mol. The molecule has 0 aliphatic heterocycles. The van der Waals surface area contributed by atoms with Gasteiger partial charge in [0.2, 0.25) is 0 Å². The fraction of sp³-hybridized carbons (Fsp3) is 0.333. The molecule has 7 nitrogen and oxygen atoms in total. The van der Waals surface area contributed by atoms with E-state index in [0.29, 0.717) is 18.8 Å². The van der Waals surface area contributed by atoms with Crippen LogP contribution in [-0.4, -0.2) is 34.5 Å². The second-order valence-electron chi connectivity index (χ2n) is 6.91. The number of hydrogen-bond acceptors (Lipinski definition) is 7. The van der Waals surface area contributed by atoms with Crippen LogP contribution in [0.2, 0.25) is 0 Å². The summed E-state index contributed by atoms with van der Waals surface area (Å²) in [6.07, 6.45) is -0.529. The van der Waals surface area contributed by atoms with Gasteiger partial charge in [0.25, 0.3) is 5.91 Å². The number of halogens is 3. The molecule has 0 fully saturated rings. The summed E-state index contributed by atoms with van der Waals surface area (Å²) in [5.41, 5.74) is -0.156. The van der Waals surface area contributed by atoms with Crippen LogP contribution in [0.1, 0.15) is 40.9 Å². The molecule has 32 heavy (non-hydrogen) atoms. The summed E-state index contributed by atoms with van der Waals surface area (Å²) in [6, 6.07) is 7.66. The molecule has 1 amide bonds. The molecule has 0 saturated carbocycles. The van der Waals surface area contributed by atoms with Crippen molar-refractivity contribution in [2.24, 2.45) is 0 Å². The Morgan fingerprint density at radius 3 is 2.75 bits per heavy atom. The molecule has 3 rings (SSSR count). The number of alkyl halides is 3. The number of aromatic nitrogens is 3. The van der Waals surface area contributed by atoms with Gasteiger partial charge < -0.3 is 14.6 Å². The van der Waals surface area contributed by atoms with E-state index in [2.05, 4.69) is 20.3 Å². The molecule has 3 heterocycles. The molecule has 1 N–H and O–H groups in total. The largest absolute Gasteiger partial charge is 0.455 e. The third-order valence-electron chi connectivity index (χ3n) is 4.34. The zero-order valence-corrected chi connectivity index (χ0v) is 18.3. The molecule has 0 bridgehead atoms. The van der Waals surface area contributed by atoms with E-state index >= 15 is 0 Å². The average Bonchev–Trinajstić information content (AvgIpc) is 3.25. The number of carbonyl (C=O) groups excluding carboxylic acids is 1. The maximum absolute atomic E-state index is 13.3. The van der Waals surface area contributed by atoms with Crippen LogP contribution in [0.25, 0.3) is 0 Å². The maximum Gasteiger partial charge on any atom is 0.433 e. The topological polar surface area (TPSA) is 84.2 Å². The van der Waals surface area contributed by atoms with Gasteiger partial charge >= 0.3 is 6.18 Å². The highest BCUT2D eigenvalue weighted by Gasteiger charge is 2.34. The summed E-state index contributed by atoms with van der Waals surface area (Å²) in [5, 5.41) is 2.71. The molecule has 0 aliphatic rings. The molecule has 0 atom stereocenters. The van der Waals surface area contributed by atoms with Crippen molar-refractivity contribution in [2.75, 3.05) is 18.5 Å². The Bertz CT molecular complexity index is 1040. The third kappa shape index (κ3) is 6.46. The summed E-state index contributed by atoms with van der Waals surface area (Å²) in [7, 11) is 1.68. The predicted octanol–water partition coefficient (Wildman–Crippen LogP) is 4.55. The summed E-state index contributed by atoms with van der Waals surface area (Å²) >= 11 is 1.01. The third-order valence-corrected chi connectivity index (χ3v) is 5.21. The Labute approximate surface area is 187 Å². The molecular weight excluding hydrogens is 443 g/mol. The van der Waals surface area contributed by atoms with Gasteiger partial charge in [-0.05, 0) is 30.2 Å². The highest BCUT2D eigenvalue weighted by atomic mass is 32.2. The second-order valence-corrected chi connectivity index (χ2v) is 7.85. The summed E-state index contributed by atoms with van der Waals surface area (Å²) in [4.78, 5) is 25.8. The van der Waals surface area contributed by atoms with Crippen molar-refractivity contribution in [3.05, 3.63) is 65.5 Å². The van der Waals surface area contributed by atoms with Crippen molar-refractivity contribution in [3.63, 3.8) is 0 Å². The van der Waals surface area contributed by atoms with Crippen LogP contribution in [0, 0.1) is 0 Å². The molecule has 0 aromatic carbocycles. The number of anilines is 1. The normalized spacial score (nSPS) is 11.4. The van der Waals surface area contributed by atoms with E-state index in [9.17, 15) is 18.0 Å². The molecule has 0 aliphatic carbocycles. The van der Waals surface area contributed by atoms with Gasteiger partial charge in [0.15, 0.2) is 16.6 Å². The Morgan fingerprint density at radius 2 is 2.06 bits per heavy atom. The van der Waals surface area contributed by atoms with Gasteiger partial charge in [-0.25, -0.2) is 9.97 Å². The number of furan rings is 1. The molecular formula is C21H22F3N5O2S. The minimum atomic E-state index is -4.58. The highest BCUT2D eigenvalue weighted by molar-refractivity contribution is 7.98. The summed E-state index contributed by atoms with van der Waals surface area (Å²) < 4.78 is 45.3. The Hall–Kier alpha value is -3.08. The number of nitrogens with one attached hydrogen (secondary N) is 1. The van der Waals surface area contributed by atoms with Gasteiger partial charge in [0, 0.05) is 38.6 Å². The van der Waals surface area contributed by atoms with E-state index in [1.165, 1.54) is 6.07 Å². The lowest BCUT2D eigenvalue weighted by Crippen LogP contribution is -2.22. The SMILES string of the molecule is CCCN(C)c1cc(C(F)(F)F)nc(SCc2ccc(C(=O)NCc3cccnc3)o2)n1. The van der Waals surface area contributed by atoms with Crippen LogP contribution in [0.5, 0.6) is 0 Å². The van der Waals surface area contributed by atoms with E-state index < -0.39 is 17.8 Å². The van der Waals surface area contributed by atoms with Crippen LogP contribution < -0.4 is 10.2 Å². The Balaban J connectivity index is 1.65. The second kappa shape index (κ2) is 10.5. The monoisotopic (exact) mass is 465 g/mol. The molecule has 3 aromatic heterocycles. The predicted molar refractivity (Wildman–Crippen MR) is 114 cm³/mol. The zero-order valence-electron chi connectivity index (χ0n) is 17.5. The lowest BCUT2D eigenvalue weighted by molar-refractivity contribution is -0.141. The number of amides is 1. The Morgan fingerprint density at radius 1 is 1.25 bits per heavy atom. The van der Waals surface area contributed by atoms with Gasteiger partial charge in [-0.3, -0.25) is 9.78 Å². The summed E-state index contributed by atoms with van der Waals surface area (Å²) in [5.74, 6) is 0.507. The first-order valence-corrected chi connectivity index (χ1v) is 10.8. The van der Waals surface area contributed by atoms with Gasteiger partial charge in [-0.1, -0.05) is 24.8 Å². The van der Waals surface area contributed by atoms with Gasteiger partial charge in [0.1, 0.15) is 11.6 Å². The van der Waals surface area contributed by atoms with Crippen molar-refractivity contribution >= 4 is 23.5 Å². The van der Waals surface area contributed by atoms with Gasteiger partial charge in [-0.15, -0.1) is 0 Å². The van der Waals surface area contributed by atoms with Gasteiger partial charge in [-0.2, -0.15) is 13.2 Å². The molecule has 3 aromatic rings. The van der Waals surface area contributed by atoms with Crippen molar-refractivity contribution in [1.82, 2.24) is 20.3 Å². The van der Waals surface area contributed by atoms with Crippen molar-refractivity contribution in [1.29, 1.82) is 0 Å². The molecule has 0 spiro atoms. The maximum atomic E-state index is 13.3. The standard InChI is InChI=1S/C21H22F3N5O2S/c1-3-9-29(2)18-10-17(21(22,23)24)27-20(28-18)32-13-15-6-7-16(31-15)19(30)26-12-14-5-4-8-25-11-14/h4-8,10-11H,3,9,12-13H2,1-2H3,(H,26,30). The first-order chi connectivity index (χ1) is 15.3. The van der Waals surface area contributed by atoms with Crippen molar-refractivity contribution in [3.8, 4) is 0 Å². The Kier molecular flexibility index (Phi) is 7.73. The highest BCUT2D eigenvalue weighted by Crippen LogP contribution is 2.32. The van der Waals surface area contributed by atoms with Crippen LogP contribution in [0.4, 0.5) is 19.0 Å². The minimum Gasteiger partial charge on any atom is -0.455 e. The van der Waals surface area contributed by atoms with Crippen molar-refractivity contribution < 1.29 is 22.4 Å². The molecule has 0 radical (unpaired) electrons. The quantitative estimate of drug-likeness (QED) is 0.367. The number of pyridine rings is 1. The number of rotatable bonds is 9. The van der Waals surface area contributed by atoms with E-state index in [-0.39, 0.29) is 22.5 Å². The van der Waals surface area contributed by atoms with Gasteiger partial charge in [0.05, 0.1) is 5.75 Å². The molecule has 11 heteroatoms. The van der Waals surface area contributed by atoms with Crippen LogP contribution in [0.3, 0.4) is 0 Å². The van der Waals surface area contributed by atoms with E-state index in [0.717, 1.165) is 29.8 Å². The first kappa shape index (κ1) is 23.6. The zero-order chi connectivity index (χ0) is 23.1. The number of carbonyl (C=O) groups is 1. The fourth-order valence-electron chi connectivity index (χ4n) is 2.75. The lowest BCUT2D eigenvalue weighted by Gasteiger charge is -2.19. The number of hydrogen-bond donors (Lipinski definition) is 1. The number of nitrogens with zero attached hydrogens (tertiary/aromatic N) is 4. The lowest BCUT2D eigenvalue weighted by atomic mass is 10.3. The molecule has 0 saturated heterocycles. The van der Waals surface area contributed by atoms with E-state index in [1.54, 1.807) is 36.5 Å². The smallest absolute Gasteiger partial charge is 0.433 e. The van der Waals surface area contributed by atoms with E-state index in [4.69, 9.17) is 4.42 Å². The van der Waals surface area contributed by atoms with Crippen LogP contribution in [-0.2, 0) is 18.5 Å². The summed E-state index contributed by atoms with van der Waals surface area (Å²) in [6.45, 7) is 2.79.